The van der Waals surface area contributed by atoms with Crippen LogP contribution in [0.5, 0.6) is 0 Å². The summed E-state index contributed by atoms with van der Waals surface area (Å²) in [5.41, 5.74) is 2.27. The van der Waals surface area contributed by atoms with E-state index in [2.05, 4.69) is 4.90 Å². The average Bonchev–Trinajstić information content (AvgIpc) is 3.27. The fraction of sp³-hybridized carbons (Fsp3) is 0.467. The molecule has 2 aliphatic rings. The third kappa shape index (κ3) is 2.08. The topological polar surface area (TPSA) is 49.9 Å². The number of rotatable bonds is 5. The van der Waals surface area contributed by atoms with Crippen molar-refractivity contribution in [2.45, 2.75) is 18.9 Å². The first-order chi connectivity index (χ1) is 9.63. The predicted octanol–water partition coefficient (Wildman–Crippen LogP) is 1.46. The number of hydrogen-bond donors (Lipinski definition) is 0. The van der Waals surface area contributed by atoms with Crippen LogP contribution in [0.2, 0.25) is 0 Å². The van der Waals surface area contributed by atoms with Crippen LogP contribution < -0.4 is 9.80 Å². The first kappa shape index (κ1) is 13.1. The number of likely N-dealkylation sites (N-methyl/N-ethyl adjacent to an activating group) is 1. The van der Waals surface area contributed by atoms with E-state index >= 15 is 0 Å². The zero-order valence-corrected chi connectivity index (χ0v) is 11.8. The number of ether oxygens (including phenoxy) is 1. The molecule has 0 unspecified atom stereocenters. The number of carbonyl (C=O) groups excluding carboxylic acids is 2. The molecule has 1 heterocycles. The van der Waals surface area contributed by atoms with Crippen molar-refractivity contribution in [3.8, 4) is 0 Å². The summed E-state index contributed by atoms with van der Waals surface area (Å²) >= 11 is 0. The number of ketones is 1. The Hall–Kier alpha value is -1.88. The summed E-state index contributed by atoms with van der Waals surface area (Å²) in [6, 6.07) is 6.18. The quantitative estimate of drug-likeness (QED) is 0.763. The second-order valence-electron chi connectivity index (χ2n) is 5.31. The molecule has 0 aromatic heterocycles. The summed E-state index contributed by atoms with van der Waals surface area (Å²) in [7, 11) is 3.34. The molecule has 1 aromatic rings. The first-order valence-electron chi connectivity index (χ1n) is 6.85. The first-order valence-corrected chi connectivity index (χ1v) is 6.85. The summed E-state index contributed by atoms with van der Waals surface area (Å²) in [6.07, 6.45) is 2.38. The summed E-state index contributed by atoms with van der Waals surface area (Å²) in [6.45, 7) is 1.49. The van der Waals surface area contributed by atoms with E-state index in [1.165, 1.54) is 17.7 Å². The highest BCUT2D eigenvalue weighted by Gasteiger charge is 2.35. The maximum absolute atomic E-state index is 11.8. The van der Waals surface area contributed by atoms with Gasteiger partial charge < -0.3 is 14.5 Å². The normalized spacial score (nSPS) is 17.6. The lowest BCUT2D eigenvalue weighted by molar-refractivity contribution is -0.114. The lowest BCUT2D eigenvalue weighted by Crippen LogP contribution is -2.29. The van der Waals surface area contributed by atoms with Crippen molar-refractivity contribution in [3.05, 3.63) is 23.8 Å². The Morgan fingerprint density at radius 3 is 2.75 bits per heavy atom. The molecule has 5 heteroatoms. The molecule has 0 N–H and O–H groups in total. The average molecular weight is 274 g/mol. The third-order valence-electron chi connectivity index (χ3n) is 3.94. The Bertz CT molecular complexity index is 566. The highest BCUT2D eigenvalue weighted by Crippen LogP contribution is 2.36. The number of benzene rings is 1. The largest absolute Gasteiger partial charge is 0.383 e. The van der Waals surface area contributed by atoms with Gasteiger partial charge in [0.2, 0.25) is 0 Å². The number of carbonyl (C=O) groups is 2. The van der Waals surface area contributed by atoms with Crippen LogP contribution in [0.3, 0.4) is 0 Å². The predicted molar refractivity (Wildman–Crippen MR) is 76.4 cm³/mol. The fourth-order valence-electron chi connectivity index (χ4n) is 2.64. The number of fused-ring (bicyclic) bond motifs is 1. The molecule has 3 rings (SSSR count). The van der Waals surface area contributed by atoms with Crippen molar-refractivity contribution >= 4 is 23.1 Å². The van der Waals surface area contributed by atoms with E-state index in [1.807, 2.05) is 12.1 Å². The monoisotopic (exact) mass is 274 g/mol. The number of hydrogen-bond acceptors (Lipinski definition) is 4. The van der Waals surface area contributed by atoms with E-state index in [0.29, 0.717) is 23.9 Å². The van der Waals surface area contributed by atoms with E-state index in [9.17, 15) is 9.59 Å². The summed E-state index contributed by atoms with van der Waals surface area (Å²) in [5, 5.41) is 0. The van der Waals surface area contributed by atoms with E-state index in [4.69, 9.17) is 4.74 Å². The van der Waals surface area contributed by atoms with Crippen LogP contribution in [-0.2, 0) is 9.53 Å². The second kappa shape index (κ2) is 4.90. The molecule has 0 saturated heterocycles. The van der Waals surface area contributed by atoms with Crippen molar-refractivity contribution in [2.24, 2.45) is 0 Å². The number of anilines is 2. The number of nitrogens with zero attached hydrogens (tertiary/aromatic N) is 2. The molecule has 1 aromatic carbocycles. The lowest BCUT2D eigenvalue weighted by atomic mass is 10.1. The van der Waals surface area contributed by atoms with Crippen LogP contribution in [0.1, 0.15) is 23.2 Å². The molecule has 1 aliphatic carbocycles. The number of methoxy groups -OCH3 is 1. The zero-order chi connectivity index (χ0) is 14.3. The van der Waals surface area contributed by atoms with Crippen LogP contribution >= 0.6 is 0 Å². The van der Waals surface area contributed by atoms with Crippen molar-refractivity contribution in [1.82, 2.24) is 0 Å². The summed E-state index contributed by atoms with van der Waals surface area (Å²) in [4.78, 5) is 27.2. The Morgan fingerprint density at radius 1 is 1.35 bits per heavy atom. The SMILES string of the molecule is COCCN(c1ccc2c(c1)N(C)C(=O)C2=O)C1CC1. The molecule has 1 saturated carbocycles. The van der Waals surface area contributed by atoms with Gasteiger partial charge in [-0.2, -0.15) is 0 Å². The lowest BCUT2D eigenvalue weighted by Gasteiger charge is -2.25. The van der Waals surface area contributed by atoms with E-state index in [1.54, 1.807) is 20.2 Å². The van der Waals surface area contributed by atoms with Crippen molar-refractivity contribution in [2.75, 3.05) is 37.1 Å². The van der Waals surface area contributed by atoms with Crippen LogP contribution in [0.4, 0.5) is 11.4 Å². The highest BCUT2D eigenvalue weighted by molar-refractivity contribution is 6.52. The van der Waals surface area contributed by atoms with Gasteiger partial charge in [0.15, 0.2) is 0 Å². The van der Waals surface area contributed by atoms with Gasteiger partial charge in [0, 0.05) is 32.4 Å². The molecule has 1 fully saturated rings. The van der Waals surface area contributed by atoms with Crippen LogP contribution in [0.15, 0.2) is 18.2 Å². The zero-order valence-electron chi connectivity index (χ0n) is 11.8. The standard InChI is InChI=1S/C15H18N2O3/c1-16-13-9-11(5-6-12(13)14(18)15(16)19)17(7-8-20-2)10-3-4-10/h5-6,9-10H,3-4,7-8H2,1-2H3. The van der Waals surface area contributed by atoms with Crippen LogP contribution in [-0.4, -0.2) is 45.0 Å². The molecule has 1 amide bonds. The van der Waals surface area contributed by atoms with E-state index in [-0.39, 0.29) is 0 Å². The third-order valence-corrected chi connectivity index (χ3v) is 3.94. The van der Waals surface area contributed by atoms with Crippen molar-refractivity contribution in [3.63, 3.8) is 0 Å². The Balaban J connectivity index is 1.92. The van der Waals surface area contributed by atoms with Gasteiger partial charge in [0.1, 0.15) is 0 Å². The van der Waals surface area contributed by atoms with Gasteiger partial charge in [-0.3, -0.25) is 9.59 Å². The molecular formula is C15H18N2O3. The molecule has 0 atom stereocenters. The van der Waals surface area contributed by atoms with Gasteiger partial charge in [-0.1, -0.05) is 0 Å². The molecule has 0 radical (unpaired) electrons. The summed E-state index contributed by atoms with van der Waals surface area (Å²) < 4.78 is 5.16. The molecule has 5 nitrogen and oxygen atoms in total. The van der Waals surface area contributed by atoms with Gasteiger partial charge in [-0.05, 0) is 31.0 Å². The Morgan fingerprint density at radius 2 is 2.10 bits per heavy atom. The van der Waals surface area contributed by atoms with Crippen molar-refractivity contribution in [1.29, 1.82) is 0 Å². The molecule has 106 valence electrons. The van der Waals surface area contributed by atoms with Gasteiger partial charge in [0.05, 0.1) is 17.9 Å². The second-order valence-corrected chi connectivity index (χ2v) is 5.31. The smallest absolute Gasteiger partial charge is 0.299 e. The minimum Gasteiger partial charge on any atom is -0.383 e. The minimum atomic E-state index is -0.452. The number of Topliss-reactive ketones (excluding diaryl/α,β-unsaturated/α-hetero) is 1. The van der Waals surface area contributed by atoms with Crippen LogP contribution in [0.25, 0.3) is 0 Å². The number of amides is 1. The van der Waals surface area contributed by atoms with Gasteiger partial charge in [-0.15, -0.1) is 0 Å². The summed E-state index contributed by atoms with van der Waals surface area (Å²) in [5.74, 6) is -0.865. The Labute approximate surface area is 118 Å². The van der Waals surface area contributed by atoms with Gasteiger partial charge in [-0.25, -0.2) is 0 Å². The Kier molecular flexibility index (Phi) is 3.22. The fourth-order valence-corrected chi connectivity index (χ4v) is 2.64. The molecule has 1 aliphatic heterocycles. The van der Waals surface area contributed by atoms with Gasteiger partial charge >= 0.3 is 0 Å². The molecule has 0 bridgehead atoms. The minimum absolute atomic E-state index is 0.413. The molecule has 20 heavy (non-hydrogen) atoms. The van der Waals surface area contributed by atoms with E-state index < -0.39 is 11.7 Å². The van der Waals surface area contributed by atoms with E-state index in [0.717, 1.165) is 12.2 Å². The molecule has 0 spiro atoms. The van der Waals surface area contributed by atoms with Gasteiger partial charge in [0.25, 0.3) is 11.7 Å². The van der Waals surface area contributed by atoms with Crippen molar-refractivity contribution < 1.29 is 14.3 Å². The van der Waals surface area contributed by atoms with Crippen LogP contribution in [0, 0.1) is 0 Å². The highest BCUT2D eigenvalue weighted by atomic mass is 16.5. The maximum Gasteiger partial charge on any atom is 0.299 e. The molecular weight excluding hydrogens is 256 g/mol. The maximum atomic E-state index is 11.8.